The van der Waals surface area contributed by atoms with Gasteiger partial charge >= 0.3 is 0 Å². The first-order valence-electron chi connectivity index (χ1n) is 6.40. The second-order valence-electron chi connectivity index (χ2n) is 5.06. The van der Waals surface area contributed by atoms with Crippen LogP contribution in [0.15, 0.2) is 18.2 Å². The summed E-state index contributed by atoms with van der Waals surface area (Å²) < 4.78 is 0. The summed E-state index contributed by atoms with van der Waals surface area (Å²) in [4.78, 5) is 0. The fourth-order valence-electron chi connectivity index (χ4n) is 2.53. The number of hydrogen-bond donors (Lipinski definition) is 1. The topological polar surface area (TPSA) is 12.0 Å². The van der Waals surface area contributed by atoms with Crippen molar-refractivity contribution in [3.8, 4) is 0 Å². The first-order chi connectivity index (χ1) is 8.65. The van der Waals surface area contributed by atoms with Gasteiger partial charge < -0.3 is 5.32 Å². The third kappa shape index (κ3) is 3.54. The average Bonchev–Trinajstić information content (AvgIpc) is 2.39. The molecule has 2 rings (SSSR count). The van der Waals surface area contributed by atoms with Crippen LogP contribution < -0.4 is 5.32 Å². The van der Waals surface area contributed by atoms with E-state index in [4.69, 9.17) is 34.8 Å². The molecule has 0 spiro atoms. The van der Waals surface area contributed by atoms with E-state index in [2.05, 4.69) is 5.32 Å². The van der Waals surface area contributed by atoms with Crippen molar-refractivity contribution in [2.75, 3.05) is 5.88 Å². The molecule has 1 N–H and O–H groups in total. The Balaban J connectivity index is 2.01. The Kier molecular flexibility index (Phi) is 5.20. The molecule has 0 heterocycles. The molecule has 0 unspecified atom stereocenters. The predicted octanol–water partition coefficient (Wildman–Crippen LogP) is 5.02. The van der Waals surface area contributed by atoms with E-state index in [9.17, 15) is 0 Å². The molecular formula is C14H18Cl3N. The van der Waals surface area contributed by atoms with E-state index in [1.54, 1.807) is 6.07 Å². The van der Waals surface area contributed by atoms with Crippen LogP contribution in [0, 0.1) is 0 Å². The standard InChI is InChI=1S/C14H18Cl3N/c15-10-14(6-2-1-3-7-14)18-9-11-4-5-12(16)8-13(11)17/h4-5,8,18H,1-3,6-7,9-10H2. The minimum Gasteiger partial charge on any atom is -0.306 e. The maximum Gasteiger partial charge on any atom is 0.0465 e. The molecule has 0 amide bonds. The van der Waals surface area contributed by atoms with E-state index in [0.29, 0.717) is 10.9 Å². The third-order valence-corrected chi connectivity index (χ3v) is 4.83. The number of benzene rings is 1. The van der Waals surface area contributed by atoms with Crippen molar-refractivity contribution in [2.24, 2.45) is 0 Å². The lowest BCUT2D eigenvalue weighted by atomic mass is 9.83. The van der Waals surface area contributed by atoms with Crippen molar-refractivity contribution in [1.29, 1.82) is 0 Å². The quantitative estimate of drug-likeness (QED) is 0.770. The van der Waals surface area contributed by atoms with Gasteiger partial charge in [-0.2, -0.15) is 0 Å². The molecule has 0 saturated heterocycles. The Morgan fingerprint density at radius 2 is 1.83 bits per heavy atom. The van der Waals surface area contributed by atoms with Gasteiger partial charge in [0.15, 0.2) is 0 Å². The molecule has 0 atom stereocenters. The van der Waals surface area contributed by atoms with Crippen molar-refractivity contribution in [1.82, 2.24) is 5.32 Å². The minimum absolute atomic E-state index is 0.0861. The number of alkyl halides is 1. The first-order valence-corrected chi connectivity index (χ1v) is 7.69. The van der Waals surface area contributed by atoms with Crippen molar-refractivity contribution in [3.63, 3.8) is 0 Å². The second-order valence-corrected chi connectivity index (χ2v) is 6.17. The summed E-state index contributed by atoms with van der Waals surface area (Å²) in [5.74, 6) is 0.665. The molecule has 100 valence electrons. The predicted molar refractivity (Wildman–Crippen MR) is 79.8 cm³/mol. The lowest BCUT2D eigenvalue weighted by molar-refractivity contribution is 0.256. The van der Waals surface area contributed by atoms with Crippen molar-refractivity contribution in [3.05, 3.63) is 33.8 Å². The van der Waals surface area contributed by atoms with Gasteiger partial charge in [-0.15, -0.1) is 11.6 Å². The van der Waals surface area contributed by atoms with Gasteiger partial charge in [0, 0.05) is 28.0 Å². The Hall–Kier alpha value is 0.0500. The molecule has 0 aromatic heterocycles. The van der Waals surface area contributed by atoms with Crippen LogP contribution in [0.25, 0.3) is 0 Å². The fraction of sp³-hybridized carbons (Fsp3) is 0.571. The molecule has 0 radical (unpaired) electrons. The SMILES string of the molecule is ClCC1(NCc2ccc(Cl)cc2Cl)CCCCC1. The number of rotatable bonds is 4. The van der Waals surface area contributed by atoms with Crippen LogP contribution in [-0.2, 0) is 6.54 Å². The molecule has 4 heteroatoms. The molecule has 1 aliphatic carbocycles. The van der Waals surface area contributed by atoms with Gasteiger partial charge in [-0.3, -0.25) is 0 Å². The van der Waals surface area contributed by atoms with E-state index in [1.165, 1.54) is 19.3 Å². The summed E-state index contributed by atoms with van der Waals surface area (Å²) in [6.45, 7) is 0.753. The molecule has 1 nitrogen and oxygen atoms in total. The van der Waals surface area contributed by atoms with Gasteiger partial charge in [0.25, 0.3) is 0 Å². The summed E-state index contributed by atoms with van der Waals surface area (Å²) >= 11 is 18.2. The van der Waals surface area contributed by atoms with Crippen molar-refractivity contribution < 1.29 is 0 Å². The molecule has 1 aromatic rings. The zero-order chi connectivity index (χ0) is 13.0. The molecule has 18 heavy (non-hydrogen) atoms. The molecule has 1 aliphatic rings. The van der Waals surface area contributed by atoms with E-state index in [-0.39, 0.29) is 5.54 Å². The highest BCUT2D eigenvalue weighted by molar-refractivity contribution is 6.35. The highest BCUT2D eigenvalue weighted by atomic mass is 35.5. The third-order valence-electron chi connectivity index (χ3n) is 3.74. The van der Waals surface area contributed by atoms with Gasteiger partial charge in [0.05, 0.1) is 0 Å². The Labute approximate surface area is 124 Å². The summed E-state index contributed by atoms with van der Waals surface area (Å²) in [6, 6.07) is 5.63. The van der Waals surface area contributed by atoms with Crippen molar-refractivity contribution in [2.45, 2.75) is 44.2 Å². The minimum atomic E-state index is 0.0861. The molecule has 1 fully saturated rings. The monoisotopic (exact) mass is 305 g/mol. The fourth-order valence-corrected chi connectivity index (χ4v) is 3.37. The summed E-state index contributed by atoms with van der Waals surface area (Å²) in [5.41, 5.74) is 1.17. The zero-order valence-corrected chi connectivity index (χ0v) is 12.6. The molecule has 1 aromatic carbocycles. The van der Waals surface area contributed by atoms with Crippen LogP contribution in [0.1, 0.15) is 37.7 Å². The highest BCUT2D eigenvalue weighted by Crippen LogP contribution is 2.30. The lowest BCUT2D eigenvalue weighted by Crippen LogP contribution is -2.48. The normalized spacial score (nSPS) is 18.8. The van der Waals surface area contributed by atoms with Gasteiger partial charge in [0.1, 0.15) is 0 Å². The maximum absolute atomic E-state index is 6.18. The summed E-state index contributed by atoms with van der Waals surface area (Å²) in [5, 5.41) is 4.99. The van der Waals surface area contributed by atoms with E-state index >= 15 is 0 Å². The van der Waals surface area contributed by atoms with Crippen LogP contribution in [0.2, 0.25) is 10.0 Å². The number of halogens is 3. The summed E-state index contributed by atoms with van der Waals surface area (Å²) in [6.07, 6.45) is 6.15. The lowest BCUT2D eigenvalue weighted by Gasteiger charge is -2.36. The maximum atomic E-state index is 6.18. The largest absolute Gasteiger partial charge is 0.306 e. The van der Waals surface area contributed by atoms with Crippen LogP contribution in [0.3, 0.4) is 0 Å². The number of nitrogens with one attached hydrogen (secondary N) is 1. The van der Waals surface area contributed by atoms with Crippen LogP contribution in [-0.4, -0.2) is 11.4 Å². The summed E-state index contributed by atoms with van der Waals surface area (Å²) in [7, 11) is 0. The number of hydrogen-bond acceptors (Lipinski definition) is 1. The second kappa shape index (κ2) is 6.47. The Bertz CT molecular complexity index is 400. The van der Waals surface area contributed by atoms with Gasteiger partial charge in [0.2, 0.25) is 0 Å². The Morgan fingerprint density at radius 1 is 1.11 bits per heavy atom. The Morgan fingerprint density at radius 3 is 2.44 bits per heavy atom. The van der Waals surface area contributed by atoms with Gasteiger partial charge in [-0.05, 0) is 30.5 Å². The molecule has 0 bridgehead atoms. The first kappa shape index (κ1) is 14.5. The van der Waals surface area contributed by atoms with Gasteiger partial charge in [-0.1, -0.05) is 48.5 Å². The van der Waals surface area contributed by atoms with E-state index in [0.717, 1.165) is 30.0 Å². The molecule has 1 saturated carbocycles. The van der Waals surface area contributed by atoms with Crippen molar-refractivity contribution >= 4 is 34.8 Å². The zero-order valence-electron chi connectivity index (χ0n) is 10.3. The van der Waals surface area contributed by atoms with E-state index in [1.807, 2.05) is 12.1 Å². The van der Waals surface area contributed by atoms with Gasteiger partial charge in [-0.25, -0.2) is 0 Å². The average molecular weight is 307 g/mol. The van der Waals surface area contributed by atoms with Crippen LogP contribution >= 0.6 is 34.8 Å². The van der Waals surface area contributed by atoms with Crippen LogP contribution in [0.4, 0.5) is 0 Å². The van der Waals surface area contributed by atoms with E-state index < -0.39 is 0 Å². The molecular weight excluding hydrogens is 289 g/mol. The molecule has 0 aliphatic heterocycles. The van der Waals surface area contributed by atoms with Crippen LogP contribution in [0.5, 0.6) is 0 Å². The smallest absolute Gasteiger partial charge is 0.0465 e. The highest BCUT2D eigenvalue weighted by Gasteiger charge is 2.30.